The highest BCUT2D eigenvalue weighted by atomic mass is 32.1. The van der Waals surface area contributed by atoms with E-state index in [9.17, 15) is 14.9 Å². The first-order valence-electron chi connectivity index (χ1n) is 7.58. The number of carbonyl (C=O) groups excluding carboxylic acids is 1. The molecule has 2 rings (SSSR count). The molecule has 1 amide bonds. The lowest BCUT2D eigenvalue weighted by molar-refractivity contribution is -0.380. The number of thiophene rings is 1. The SMILES string of the molecule is COCCCNC(=S)N1CCN(C(=O)c2ccc([N+](=O)[O-])s2)CC1. The molecule has 0 spiro atoms. The van der Waals surface area contributed by atoms with Crippen LogP contribution in [0.15, 0.2) is 12.1 Å². The van der Waals surface area contributed by atoms with Gasteiger partial charge in [-0.15, -0.1) is 0 Å². The molecule has 8 nitrogen and oxygen atoms in total. The smallest absolute Gasteiger partial charge is 0.324 e. The molecule has 24 heavy (non-hydrogen) atoms. The number of nitrogens with one attached hydrogen (secondary N) is 1. The molecule has 0 unspecified atom stereocenters. The predicted molar refractivity (Wildman–Crippen MR) is 95.5 cm³/mol. The van der Waals surface area contributed by atoms with Gasteiger partial charge in [0.25, 0.3) is 5.91 Å². The number of thiocarbonyl (C=S) groups is 1. The highest BCUT2D eigenvalue weighted by Gasteiger charge is 2.25. The Hall–Kier alpha value is -1.78. The fraction of sp³-hybridized carbons (Fsp3) is 0.571. The first-order valence-corrected chi connectivity index (χ1v) is 8.80. The van der Waals surface area contributed by atoms with E-state index in [1.54, 1.807) is 12.0 Å². The number of carbonyl (C=O) groups is 1. The van der Waals surface area contributed by atoms with Crippen molar-refractivity contribution in [2.75, 3.05) is 46.4 Å². The van der Waals surface area contributed by atoms with Gasteiger partial charge in [0.15, 0.2) is 5.11 Å². The number of piperazine rings is 1. The molecule has 10 heteroatoms. The molecule has 0 aliphatic carbocycles. The minimum absolute atomic E-state index is 0.0153. The van der Waals surface area contributed by atoms with Crippen LogP contribution in [-0.4, -0.2) is 72.2 Å². The van der Waals surface area contributed by atoms with Crippen molar-refractivity contribution < 1.29 is 14.5 Å². The largest absolute Gasteiger partial charge is 0.385 e. The molecule has 1 aliphatic heterocycles. The Balaban J connectivity index is 1.80. The summed E-state index contributed by atoms with van der Waals surface area (Å²) in [5.41, 5.74) is 0. The summed E-state index contributed by atoms with van der Waals surface area (Å²) in [4.78, 5) is 26.8. The van der Waals surface area contributed by atoms with Crippen LogP contribution in [0.5, 0.6) is 0 Å². The third kappa shape index (κ3) is 4.86. The summed E-state index contributed by atoms with van der Waals surface area (Å²) in [6, 6.07) is 2.88. The topological polar surface area (TPSA) is 88.0 Å². The summed E-state index contributed by atoms with van der Waals surface area (Å²) in [6.07, 6.45) is 0.881. The number of ether oxygens (including phenoxy) is 1. The number of hydrogen-bond acceptors (Lipinski definition) is 6. The van der Waals surface area contributed by atoms with Gasteiger partial charge in [-0.3, -0.25) is 14.9 Å². The van der Waals surface area contributed by atoms with Crippen molar-refractivity contribution in [2.24, 2.45) is 0 Å². The lowest BCUT2D eigenvalue weighted by Crippen LogP contribution is -2.53. The first-order chi connectivity index (χ1) is 11.5. The summed E-state index contributed by atoms with van der Waals surface area (Å²) in [6.45, 7) is 3.83. The van der Waals surface area contributed by atoms with E-state index in [1.165, 1.54) is 12.1 Å². The Morgan fingerprint density at radius 3 is 2.62 bits per heavy atom. The second-order valence-electron chi connectivity index (χ2n) is 5.25. The van der Waals surface area contributed by atoms with Crippen LogP contribution < -0.4 is 5.32 Å². The van der Waals surface area contributed by atoms with Crippen molar-refractivity contribution in [1.29, 1.82) is 0 Å². The molecule has 1 aromatic heterocycles. The first kappa shape index (κ1) is 18.6. The van der Waals surface area contributed by atoms with Gasteiger partial charge in [-0.2, -0.15) is 0 Å². The van der Waals surface area contributed by atoms with Crippen LogP contribution in [0.25, 0.3) is 0 Å². The maximum absolute atomic E-state index is 12.4. The van der Waals surface area contributed by atoms with Gasteiger partial charge in [0.05, 0.1) is 9.80 Å². The van der Waals surface area contributed by atoms with Gasteiger partial charge in [0, 0.05) is 52.5 Å². The zero-order valence-corrected chi connectivity index (χ0v) is 15.0. The molecule has 1 aromatic rings. The van der Waals surface area contributed by atoms with E-state index in [1.807, 2.05) is 4.90 Å². The average Bonchev–Trinajstić information content (AvgIpc) is 3.08. The number of amides is 1. The fourth-order valence-corrected chi connectivity index (χ4v) is 3.41. The van der Waals surface area contributed by atoms with E-state index in [-0.39, 0.29) is 10.9 Å². The van der Waals surface area contributed by atoms with Gasteiger partial charge in [-0.05, 0) is 24.7 Å². The minimum Gasteiger partial charge on any atom is -0.385 e. The second kappa shape index (κ2) is 8.90. The molecule has 1 N–H and O–H groups in total. The van der Waals surface area contributed by atoms with Crippen LogP contribution in [-0.2, 0) is 4.74 Å². The summed E-state index contributed by atoms with van der Waals surface area (Å²) in [5.74, 6) is -0.160. The number of methoxy groups -OCH3 is 1. The Bertz CT molecular complexity index is 599. The van der Waals surface area contributed by atoms with Crippen LogP contribution in [0.4, 0.5) is 5.00 Å². The third-order valence-electron chi connectivity index (χ3n) is 3.64. The molecule has 0 aromatic carbocycles. The van der Waals surface area contributed by atoms with Crippen molar-refractivity contribution in [3.8, 4) is 0 Å². The second-order valence-corrected chi connectivity index (χ2v) is 6.70. The lowest BCUT2D eigenvalue weighted by atomic mass is 10.3. The predicted octanol–water partition coefficient (Wildman–Crippen LogP) is 1.33. The van der Waals surface area contributed by atoms with Gasteiger partial charge in [0.1, 0.15) is 0 Å². The molecule has 0 saturated carbocycles. The van der Waals surface area contributed by atoms with Gasteiger partial charge in [-0.25, -0.2) is 0 Å². The molecule has 0 bridgehead atoms. The molecule has 132 valence electrons. The maximum Gasteiger partial charge on any atom is 0.324 e. The summed E-state index contributed by atoms with van der Waals surface area (Å²) in [7, 11) is 1.66. The number of nitro groups is 1. The normalized spacial score (nSPS) is 14.5. The van der Waals surface area contributed by atoms with Crippen LogP contribution in [0.1, 0.15) is 16.1 Å². The van der Waals surface area contributed by atoms with Crippen molar-refractivity contribution in [2.45, 2.75) is 6.42 Å². The van der Waals surface area contributed by atoms with Gasteiger partial charge >= 0.3 is 5.00 Å². The minimum atomic E-state index is -0.479. The molecule has 1 saturated heterocycles. The Kier molecular flexibility index (Phi) is 6.88. The molecule has 0 radical (unpaired) electrons. The Morgan fingerprint density at radius 1 is 1.38 bits per heavy atom. The molecule has 1 fully saturated rings. The number of hydrogen-bond donors (Lipinski definition) is 1. The van der Waals surface area contributed by atoms with Crippen molar-refractivity contribution in [1.82, 2.24) is 15.1 Å². The zero-order valence-electron chi connectivity index (χ0n) is 13.4. The third-order valence-corrected chi connectivity index (χ3v) is 5.07. The number of rotatable bonds is 6. The molecule has 0 atom stereocenters. The molecule has 2 heterocycles. The fourth-order valence-electron chi connectivity index (χ4n) is 2.33. The van der Waals surface area contributed by atoms with E-state index < -0.39 is 4.92 Å². The standard InChI is InChI=1S/C14H20N4O4S2/c1-22-10-2-5-15-14(23)17-8-6-16(7-9-17)13(19)11-3-4-12(24-11)18(20)21/h3-4H,2,5-10H2,1H3,(H,15,23). The summed E-state index contributed by atoms with van der Waals surface area (Å²) < 4.78 is 4.99. The van der Waals surface area contributed by atoms with Crippen molar-refractivity contribution in [3.63, 3.8) is 0 Å². The average molecular weight is 372 g/mol. The van der Waals surface area contributed by atoms with Crippen molar-refractivity contribution in [3.05, 3.63) is 27.1 Å². The zero-order chi connectivity index (χ0) is 17.5. The van der Waals surface area contributed by atoms with Gasteiger partial charge in [-0.1, -0.05) is 11.3 Å². The maximum atomic E-state index is 12.4. The quantitative estimate of drug-likeness (QED) is 0.349. The monoisotopic (exact) mass is 372 g/mol. The van der Waals surface area contributed by atoms with Crippen LogP contribution in [0.2, 0.25) is 0 Å². The molecular weight excluding hydrogens is 352 g/mol. The van der Waals surface area contributed by atoms with E-state index >= 15 is 0 Å². The van der Waals surface area contributed by atoms with Crippen LogP contribution >= 0.6 is 23.6 Å². The highest BCUT2D eigenvalue weighted by Crippen LogP contribution is 2.25. The molecule has 1 aliphatic rings. The van der Waals surface area contributed by atoms with E-state index in [4.69, 9.17) is 17.0 Å². The van der Waals surface area contributed by atoms with Gasteiger partial charge in [0.2, 0.25) is 0 Å². The van der Waals surface area contributed by atoms with Gasteiger partial charge < -0.3 is 19.9 Å². The van der Waals surface area contributed by atoms with E-state index in [0.717, 1.165) is 24.3 Å². The van der Waals surface area contributed by atoms with Crippen molar-refractivity contribution >= 4 is 39.6 Å². The summed E-state index contributed by atoms with van der Waals surface area (Å²) >= 11 is 6.26. The van der Waals surface area contributed by atoms with E-state index in [2.05, 4.69) is 5.32 Å². The Morgan fingerprint density at radius 2 is 2.04 bits per heavy atom. The lowest BCUT2D eigenvalue weighted by Gasteiger charge is -2.36. The summed E-state index contributed by atoms with van der Waals surface area (Å²) in [5, 5.41) is 14.6. The molecular formula is C14H20N4O4S2. The van der Waals surface area contributed by atoms with Crippen LogP contribution in [0, 0.1) is 10.1 Å². The number of nitrogens with zero attached hydrogens (tertiary/aromatic N) is 3. The Labute approximate surface area is 149 Å². The highest BCUT2D eigenvalue weighted by molar-refractivity contribution is 7.80. The van der Waals surface area contributed by atoms with E-state index in [0.29, 0.717) is 42.8 Å². The van der Waals surface area contributed by atoms with Crippen LogP contribution in [0.3, 0.4) is 0 Å².